The minimum absolute atomic E-state index is 0. The first kappa shape index (κ1) is 11.5. The Bertz CT molecular complexity index is 134. The first-order valence-corrected chi connectivity index (χ1v) is 2.11. The van der Waals surface area contributed by atoms with Crippen molar-refractivity contribution in [3.05, 3.63) is 0 Å². The molecule has 1 radical (unpaired) electrons. The molecule has 0 aromatic carbocycles. The molecule has 55 valence electrons. The van der Waals surface area contributed by atoms with Gasteiger partial charge < -0.3 is 0 Å². The van der Waals surface area contributed by atoms with Crippen molar-refractivity contribution in [3.63, 3.8) is 0 Å². The van der Waals surface area contributed by atoms with Gasteiger partial charge in [0.2, 0.25) is 11.6 Å². The van der Waals surface area contributed by atoms with E-state index in [1.165, 1.54) is 0 Å². The van der Waals surface area contributed by atoms with Gasteiger partial charge in [0, 0.05) is 36.2 Å². The molecule has 0 aliphatic heterocycles. The molecule has 0 unspecified atom stereocenters. The second-order valence-corrected chi connectivity index (χ2v) is 1.44. The zero-order valence-electron chi connectivity index (χ0n) is 5.03. The van der Waals surface area contributed by atoms with Crippen LogP contribution in [0, 0.1) is 0 Å². The van der Waals surface area contributed by atoms with Crippen molar-refractivity contribution >= 4 is 17.3 Å². The first-order chi connectivity index (χ1) is 3.55. The van der Waals surface area contributed by atoms with Crippen molar-refractivity contribution in [2.45, 2.75) is 13.8 Å². The van der Waals surface area contributed by atoms with Crippen LogP contribution in [-0.4, -0.2) is 17.3 Å². The second-order valence-electron chi connectivity index (χ2n) is 1.44. The Hall–Kier alpha value is -0.250. The van der Waals surface area contributed by atoms with Crippen LogP contribution in [0.4, 0.5) is 0 Å². The average molecular weight is 222 g/mol. The summed E-state index contributed by atoms with van der Waals surface area (Å²) < 4.78 is 0. The van der Waals surface area contributed by atoms with Crippen molar-refractivity contribution in [1.82, 2.24) is 0 Å². The van der Waals surface area contributed by atoms with E-state index in [0.717, 1.165) is 13.8 Å². The zero-order chi connectivity index (χ0) is 6.73. The van der Waals surface area contributed by atoms with Gasteiger partial charge in [0.05, 0.1) is 0 Å². The third-order valence-corrected chi connectivity index (χ3v) is 0.640. The van der Waals surface area contributed by atoms with E-state index in [9.17, 15) is 14.4 Å². The molecule has 0 aromatic rings. The SMILES string of the molecule is CC(=O)C(=O)C(C)=O.[Ag]. The van der Waals surface area contributed by atoms with Gasteiger partial charge in [-0.2, -0.15) is 0 Å². The van der Waals surface area contributed by atoms with Crippen LogP contribution in [0.25, 0.3) is 0 Å². The van der Waals surface area contributed by atoms with Crippen molar-refractivity contribution in [2.24, 2.45) is 0 Å². The van der Waals surface area contributed by atoms with E-state index in [2.05, 4.69) is 0 Å². The molecule has 0 bridgehead atoms. The van der Waals surface area contributed by atoms with Crippen LogP contribution in [0.15, 0.2) is 0 Å². The molecule has 0 fully saturated rings. The summed E-state index contributed by atoms with van der Waals surface area (Å²) in [5.74, 6) is -2.32. The Morgan fingerprint density at radius 2 is 1.11 bits per heavy atom. The van der Waals surface area contributed by atoms with E-state index in [1.54, 1.807) is 0 Å². The van der Waals surface area contributed by atoms with Gasteiger partial charge in [-0.15, -0.1) is 0 Å². The van der Waals surface area contributed by atoms with Gasteiger partial charge in [0.1, 0.15) is 0 Å². The molecule has 3 nitrogen and oxygen atoms in total. The maximum Gasteiger partial charge on any atom is 0.263 e. The maximum atomic E-state index is 10.1. The molecule has 0 saturated heterocycles. The number of hydrogen-bond donors (Lipinski definition) is 0. The van der Waals surface area contributed by atoms with Crippen molar-refractivity contribution in [2.75, 3.05) is 0 Å². The van der Waals surface area contributed by atoms with Gasteiger partial charge in [-0.1, -0.05) is 0 Å². The van der Waals surface area contributed by atoms with Crippen LogP contribution in [0.2, 0.25) is 0 Å². The van der Waals surface area contributed by atoms with Gasteiger partial charge in [-0.05, 0) is 0 Å². The summed E-state index contributed by atoms with van der Waals surface area (Å²) in [7, 11) is 0. The molecule has 0 spiro atoms. The number of Topliss-reactive ketones (excluding diaryl/α,β-unsaturated/α-hetero) is 3. The Kier molecular flexibility index (Phi) is 5.91. The minimum atomic E-state index is -0.926. The standard InChI is InChI=1S/C5H6O3.Ag/c1-3(6)5(8)4(2)7;/h1-2H3;. The predicted molar refractivity (Wildman–Crippen MR) is 26.4 cm³/mol. The number of hydrogen-bond acceptors (Lipinski definition) is 3. The second kappa shape index (κ2) is 4.61. The maximum absolute atomic E-state index is 10.1. The summed E-state index contributed by atoms with van der Waals surface area (Å²) in [5.41, 5.74) is 0. The number of carbonyl (C=O) groups is 3. The van der Waals surface area contributed by atoms with Crippen LogP contribution in [0.1, 0.15) is 13.8 Å². The average Bonchev–Trinajstić information content (AvgIpc) is 1.64. The molecule has 0 aromatic heterocycles. The first-order valence-electron chi connectivity index (χ1n) is 2.11. The van der Waals surface area contributed by atoms with Crippen LogP contribution in [0.5, 0.6) is 0 Å². The molecule has 4 heteroatoms. The third kappa shape index (κ3) is 4.27. The van der Waals surface area contributed by atoms with Crippen molar-refractivity contribution in [1.29, 1.82) is 0 Å². The molecule has 0 N–H and O–H groups in total. The quantitative estimate of drug-likeness (QED) is 0.367. The van der Waals surface area contributed by atoms with Gasteiger partial charge in [-0.25, -0.2) is 0 Å². The van der Waals surface area contributed by atoms with Gasteiger partial charge in [-0.3, -0.25) is 14.4 Å². The molecule has 0 heterocycles. The number of carbonyl (C=O) groups excluding carboxylic acids is 3. The Morgan fingerprint density at radius 1 is 0.889 bits per heavy atom. The summed E-state index contributed by atoms with van der Waals surface area (Å²) in [6, 6.07) is 0. The summed E-state index contributed by atoms with van der Waals surface area (Å²) in [6.07, 6.45) is 0. The van der Waals surface area contributed by atoms with Crippen LogP contribution >= 0.6 is 0 Å². The van der Waals surface area contributed by atoms with E-state index in [1.807, 2.05) is 0 Å². The predicted octanol–water partition coefficient (Wildman–Crippen LogP) is -0.269. The van der Waals surface area contributed by atoms with E-state index >= 15 is 0 Å². The van der Waals surface area contributed by atoms with Gasteiger partial charge >= 0.3 is 0 Å². The smallest absolute Gasteiger partial charge is 0.263 e. The Labute approximate surface area is 68.3 Å². The van der Waals surface area contributed by atoms with Crippen LogP contribution < -0.4 is 0 Å². The van der Waals surface area contributed by atoms with Crippen LogP contribution in [0.3, 0.4) is 0 Å². The Balaban J connectivity index is 0. The fourth-order valence-electron chi connectivity index (χ4n) is 0.248. The summed E-state index contributed by atoms with van der Waals surface area (Å²) in [4.78, 5) is 30.2. The van der Waals surface area contributed by atoms with Crippen molar-refractivity contribution < 1.29 is 36.8 Å². The third-order valence-electron chi connectivity index (χ3n) is 0.640. The summed E-state index contributed by atoms with van der Waals surface area (Å²) >= 11 is 0. The molecule has 0 aliphatic rings. The molecule has 0 amide bonds. The fraction of sp³-hybridized carbons (Fsp3) is 0.400. The topological polar surface area (TPSA) is 51.2 Å². The zero-order valence-corrected chi connectivity index (χ0v) is 6.51. The van der Waals surface area contributed by atoms with E-state index in [4.69, 9.17) is 0 Å². The van der Waals surface area contributed by atoms with Gasteiger partial charge in [0.15, 0.2) is 0 Å². The van der Waals surface area contributed by atoms with Crippen molar-refractivity contribution in [3.8, 4) is 0 Å². The summed E-state index contributed by atoms with van der Waals surface area (Å²) in [6.45, 7) is 2.15. The fourth-order valence-corrected chi connectivity index (χ4v) is 0.248. The van der Waals surface area contributed by atoms with Crippen LogP contribution in [-0.2, 0) is 36.8 Å². The number of ketones is 3. The van der Waals surface area contributed by atoms with Gasteiger partial charge in [0.25, 0.3) is 5.78 Å². The molecule has 0 aliphatic carbocycles. The summed E-state index contributed by atoms with van der Waals surface area (Å²) in [5, 5.41) is 0. The minimum Gasteiger partial charge on any atom is -0.291 e. The molecule has 0 atom stereocenters. The Morgan fingerprint density at radius 3 is 1.11 bits per heavy atom. The molecule has 9 heavy (non-hydrogen) atoms. The number of rotatable bonds is 2. The molecular formula is C5H6AgO3. The monoisotopic (exact) mass is 221 g/mol. The molecule has 0 saturated carbocycles. The van der Waals surface area contributed by atoms with E-state index < -0.39 is 17.3 Å². The molecule has 0 rings (SSSR count). The largest absolute Gasteiger partial charge is 0.291 e. The van der Waals surface area contributed by atoms with E-state index in [-0.39, 0.29) is 22.4 Å². The molecular weight excluding hydrogens is 216 g/mol. The normalized spacial score (nSPS) is 7.33. The van der Waals surface area contributed by atoms with E-state index in [0.29, 0.717) is 0 Å².